The predicted molar refractivity (Wildman–Crippen MR) is 92.2 cm³/mol. The molecule has 0 spiro atoms. The van der Waals surface area contributed by atoms with Gasteiger partial charge in [-0.3, -0.25) is 5.84 Å². The molecule has 1 aliphatic heterocycles. The summed E-state index contributed by atoms with van der Waals surface area (Å²) >= 11 is 2.95. The molecule has 3 heterocycles. The number of hydrogen-bond acceptors (Lipinski definition) is 5. The number of aromatic nitrogens is 2. The van der Waals surface area contributed by atoms with Crippen LogP contribution in [0, 0.1) is 13.8 Å². The van der Waals surface area contributed by atoms with Crippen molar-refractivity contribution >= 4 is 33.3 Å². The third kappa shape index (κ3) is 1.97. The first kappa shape index (κ1) is 14.7. The van der Waals surface area contributed by atoms with Crippen molar-refractivity contribution in [1.82, 2.24) is 4.68 Å². The lowest BCUT2D eigenvalue weighted by atomic mass is 10.1. The maximum atomic E-state index is 12.6. The lowest BCUT2D eigenvalue weighted by molar-refractivity contribution is -0.766. The third-order valence-electron chi connectivity index (χ3n) is 4.33. The molecule has 0 amide bonds. The van der Waals surface area contributed by atoms with Crippen LogP contribution in [0.2, 0.25) is 0 Å². The molecule has 2 aromatic heterocycles. The van der Waals surface area contributed by atoms with Gasteiger partial charge in [0.15, 0.2) is 0 Å². The Morgan fingerprint density at radius 1 is 1.26 bits per heavy atom. The number of nitrogens with two attached hydrogens (primary N) is 1. The first-order valence-corrected chi connectivity index (χ1v) is 8.95. The van der Waals surface area contributed by atoms with Crippen molar-refractivity contribution in [2.24, 2.45) is 0 Å². The number of nitrogens with zero attached hydrogens (tertiary/aromatic N) is 2. The van der Waals surface area contributed by atoms with Crippen LogP contribution in [-0.2, 0) is 0 Å². The van der Waals surface area contributed by atoms with Crippen LogP contribution < -0.4 is 16.0 Å². The van der Waals surface area contributed by atoms with E-state index in [2.05, 4.69) is 0 Å². The molecular weight excluding hydrogens is 330 g/mol. The van der Waals surface area contributed by atoms with Gasteiger partial charge in [-0.2, -0.15) is 4.57 Å². The van der Waals surface area contributed by atoms with Gasteiger partial charge < -0.3 is 5.11 Å². The molecule has 0 saturated carbocycles. The molecule has 1 aliphatic rings. The van der Waals surface area contributed by atoms with Crippen LogP contribution in [0.3, 0.4) is 0 Å². The van der Waals surface area contributed by atoms with Crippen molar-refractivity contribution in [1.29, 1.82) is 0 Å². The zero-order valence-corrected chi connectivity index (χ0v) is 14.3. The Morgan fingerprint density at radius 2 is 1.96 bits per heavy atom. The minimum absolute atomic E-state index is 0.182. The Hall–Kier alpha value is -1.83. The van der Waals surface area contributed by atoms with E-state index in [-0.39, 0.29) is 10.8 Å². The summed E-state index contributed by atoms with van der Waals surface area (Å²) in [7, 11) is 0. The van der Waals surface area contributed by atoms with Gasteiger partial charge in [0.05, 0.1) is 0 Å². The molecular formula is C16H16N3O2S2+. The van der Waals surface area contributed by atoms with E-state index in [1.54, 1.807) is 4.57 Å². The van der Waals surface area contributed by atoms with E-state index in [4.69, 9.17) is 5.84 Å². The molecule has 0 aliphatic carbocycles. The Balaban J connectivity index is 2.00. The molecule has 5 nitrogen and oxygen atoms in total. The summed E-state index contributed by atoms with van der Waals surface area (Å²) in [5, 5.41) is 11.9. The van der Waals surface area contributed by atoms with Crippen LogP contribution >= 0.6 is 23.1 Å². The fourth-order valence-corrected chi connectivity index (χ4v) is 5.49. The van der Waals surface area contributed by atoms with Crippen molar-refractivity contribution in [3.05, 3.63) is 56.7 Å². The zero-order valence-electron chi connectivity index (χ0n) is 12.7. The highest BCUT2D eigenvalue weighted by atomic mass is 32.2. The van der Waals surface area contributed by atoms with Crippen molar-refractivity contribution in [3.8, 4) is 0 Å². The van der Waals surface area contributed by atoms with Gasteiger partial charge in [0.1, 0.15) is 10.6 Å². The van der Waals surface area contributed by atoms with Gasteiger partial charge in [-0.25, -0.2) is 4.79 Å². The van der Waals surface area contributed by atoms with E-state index in [1.807, 2.05) is 44.2 Å². The van der Waals surface area contributed by atoms with Crippen molar-refractivity contribution in [3.63, 3.8) is 0 Å². The molecule has 2 atom stereocenters. The van der Waals surface area contributed by atoms with Crippen LogP contribution in [0.5, 0.6) is 0 Å². The number of nitrogen functional groups attached to an aromatic ring is 1. The minimum atomic E-state index is -0.757. The maximum absolute atomic E-state index is 12.6. The summed E-state index contributed by atoms with van der Waals surface area (Å²) in [6.45, 7) is 3.90. The highest BCUT2D eigenvalue weighted by molar-refractivity contribution is 7.99. The van der Waals surface area contributed by atoms with Gasteiger partial charge in [0, 0.05) is 4.88 Å². The lowest BCUT2D eigenvalue weighted by Gasteiger charge is -2.11. The van der Waals surface area contributed by atoms with Gasteiger partial charge in [0.25, 0.3) is 0 Å². The van der Waals surface area contributed by atoms with Crippen LogP contribution in [0.15, 0.2) is 40.3 Å². The van der Waals surface area contributed by atoms with E-state index >= 15 is 0 Å². The van der Waals surface area contributed by atoms with Gasteiger partial charge in [-0.1, -0.05) is 46.3 Å². The van der Waals surface area contributed by atoms with Crippen LogP contribution in [0.4, 0.5) is 0 Å². The van der Waals surface area contributed by atoms with Crippen LogP contribution in [0.1, 0.15) is 27.5 Å². The fraction of sp³-hybridized carbons (Fsp3) is 0.250. The van der Waals surface area contributed by atoms with E-state index < -0.39 is 6.23 Å². The van der Waals surface area contributed by atoms with Crippen LogP contribution in [-0.4, -0.2) is 9.78 Å². The topological polar surface area (TPSA) is 72.1 Å². The SMILES string of the molecule is Cc1sc2c(c1C)c(=O)n(N)c1[n+]2C(O)C(c2ccccc2)S1. The molecule has 0 fully saturated rings. The molecule has 0 radical (unpaired) electrons. The first-order valence-electron chi connectivity index (χ1n) is 7.25. The van der Waals surface area contributed by atoms with Crippen LogP contribution in [0.25, 0.3) is 10.2 Å². The van der Waals surface area contributed by atoms with Gasteiger partial charge in [-0.05, 0) is 36.7 Å². The lowest BCUT2D eigenvalue weighted by Crippen LogP contribution is -2.46. The Kier molecular flexibility index (Phi) is 3.26. The van der Waals surface area contributed by atoms with Crippen molar-refractivity contribution < 1.29 is 9.67 Å². The number of aliphatic hydroxyl groups is 1. The molecule has 0 saturated heterocycles. The average Bonchev–Trinajstić information content (AvgIpc) is 3.04. The zero-order chi connectivity index (χ0) is 16.3. The molecule has 3 aromatic rings. The van der Waals surface area contributed by atoms with E-state index in [9.17, 15) is 9.90 Å². The highest BCUT2D eigenvalue weighted by Gasteiger charge is 2.44. The second-order valence-corrected chi connectivity index (χ2v) is 7.97. The number of hydrogen-bond donors (Lipinski definition) is 2. The standard InChI is InChI=1S/C16H16N3O2S2/c1-8-9(2)22-15-11(8)13(20)19(17)16-18(15)14(21)12(23-16)10-6-4-3-5-7-10/h3-7,12,14,21H,17H2,1-2H3/q+1. The fourth-order valence-electron chi connectivity index (χ4n) is 2.98. The van der Waals surface area contributed by atoms with E-state index in [0.717, 1.165) is 25.5 Å². The molecule has 23 heavy (non-hydrogen) atoms. The smallest absolute Gasteiger partial charge is 0.354 e. The summed E-state index contributed by atoms with van der Waals surface area (Å²) in [6.07, 6.45) is -0.757. The quantitative estimate of drug-likeness (QED) is 0.402. The van der Waals surface area contributed by atoms with Crippen molar-refractivity contribution in [2.75, 3.05) is 5.84 Å². The number of aliphatic hydroxyl groups excluding tert-OH is 1. The Bertz CT molecular complexity index is 979. The number of thiophene rings is 1. The molecule has 4 rings (SSSR count). The largest absolute Gasteiger partial charge is 0.370 e. The van der Waals surface area contributed by atoms with E-state index in [1.165, 1.54) is 23.1 Å². The molecule has 3 N–H and O–H groups in total. The third-order valence-corrected chi connectivity index (χ3v) is 6.91. The second-order valence-electron chi connectivity index (χ2n) is 5.65. The highest BCUT2D eigenvalue weighted by Crippen LogP contribution is 2.45. The van der Waals surface area contributed by atoms with Gasteiger partial charge >= 0.3 is 10.7 Å². The molecule has 0 bridgehead atoms. The Labute approximate surface area is 141 Å². The normalized spacial score (nSPS) is 20.1. The van der Waals surface area contributed by atoms with E-state index in [0.29, 0.717) is 10.5 Å². The van der Waals surface area contributed by atoms with Crippen molar-refractivity contribution in [2.45, 2.75) is 30.5 Å². The summed E-state index contributed by atoms with van der Waals surface area (Å²) < 4.78 is 2.96. The van der Waals surface area contributed by atoms with Gasteiger partial charge in [0.2, 0.25) is 11.1 Å². The predicted octanol–water partition coefficient (Wildman–Crippen LogP) is 2.02. The molecule has 7 heteroatoms. The molecule has 2 unspecified atom stereocenters. The number of fused-ring (bicyclic) bond motifs is 3. The number of thioether (sulfide) groups is 1. The number of rotatable bonds is 1. The summed E-state index contributed by atoms with van der Waals surface area (Å²) in [5.74, 6) is 6.04. The summed E-state index contributed by atoms with van der Waals surface area (Å²) in [4.78, 5) is 14.5. The minimum Gasteiger partial charge on any atom is -0.354 e. The molecule has 1 aromatic carbocycles. The number of benzene rings is 1. The monoisotopic (exact) mass is 346 g/mol. The summed E-state index contributed by atoms with van der Waals surface area (Å²) in [6, 6.07) is 9.79. The number of aryl methyl sites for hydroxylation is 2. The van der Waals surface area contributed by atoms with Gasteiger partial charge in [-0.15, -0.1) is 0 Å². The maximum Gasteiger partial charge on any atom is 0.370 e. The summed E-state index contributed by atoms with van der Waals surface area (Å²) in [5.41, 5.74) is 1.74. The first-order chi connectivity index (χ1) is 11.0. The molecule has 118 valence electrons. The average molecular weight is 346 g/mol. The Morgan fingerprint density at radius 3 is 2.65 bits per heavy atom. The second kappa shape index (κ2) is 5.09.